The summed E-state index contributed by atoms with van der Waals surface area (Å²) in [5, 5.41) is 7.21. The molecule has 5 nitrogen and oxygen atoms in total. The van der Waals surface area contributed by atoms with Crippen LogP contribution in [-0.4, -0.2) is 34.9 Å². The van der Waals surface area contributed by atoms with Crippen LogP contribution < -0.4 is 5.32 Å². The number of hydrogen-bond acceptors (Lipinski definition) is 3. The maximum Gasteiger partial charge on any atom is 0.221 e. The van der Waals surface area contributed by atoms with Crippen LogP contribution in [0.5, 0.6) is 0 Å². The van der Waals surface area contributed by atoms with Crippen molar-refractivity contribution < 1.29 is 9.53 Å². The highest BCUT2D eigenvalue weighted by atomic mass is 127. The van der Waals surface area contributed by atoms with E-state index in [9.17, 15) is 4.79 Å². The molecule has 0 spiro atoms. The molecule has 0 aromatic carbocycles. The quantitative estimate of drug-likeness (QED) is 0.556. The van der Waals surface area contributed by atoms with E-state index in [0.29, 0.717) is 26.1 Å². The van der Waals surface area contributed by atoms with Crippen LogP contribution in [0.4, 0.5) is 0 Å². The molecule has 0 atom stereocenters. The monoisotopic (exact) mass is 379 g/mol. The van der Waals surface area contributed by atoms with E-state index < -0.39 is 0 Å². The number of amides is 1. The molecule has 1 N–H and O–H groups in total. The van der Waals surface area contributed by atoms with Gasteiger partial charge < -0.3 is 10.1 Å². The summed E-state index contributed by atoms with van der Waals surface area (Å²) in [6, 6.07) is 0. The highest BCUT2D eigenvalue weighted by Crippen LogP contribution is 2.08. The Morgan fingerprint density at radius 2 is 2.32 bits per heavy atom. The molecule has 0 fully saturated rings. The first-order valence-corrected chi connectivity index (χ1v) is 7.64. The number of nitrogens with one attached hydrogen (secondary N) is 1. The number of hydrogen-bond donors (Lipinski definition) is 1. The van der Waals surface area contributed by atoms with Crippen LogP contribution in [0.25, 0.3) is 0 Å². The molecule has 0 aliphatic rings. The third-order valence-electron chi connectivity index (χ3n) is 2.55. The van der Waals surface area contributed by atoms with Gasteiger partial charge in [-0.1, -0.05) is 0 Å². The number of carbonyl (C=O) groups is 1. The van der Waals surface area contributed by atoms with E-state index in [2.05, 4.69) is 33.0 Å². The Bertz CT molecular complexity index is 385. The van der Waals surface area contributed by atoms with Gasteiger partial charge in [0.25, 0.3) is 0 Å². The minimum Gasteiger partial charge on any atom is -0.379 e. The van der Waals surface area contributed by atoms with Gasteiger partial charge in [0.05, 0.1) is 15.4 Å². The summed E-state index contributed by atoms with van der Waals surface area (Å²) in [6.07, 6.45) is 3.52. The lowest BCUT2D eigenvalue weighted by Gasteiger charge is -2.08. The first-order valence-electron chi connectivity index (χ1n) is 6.57. The van der Waals surface area contributed by atoms with Gasteiger partial charge in [-0.15, -0.1) is 0 Å². The van der Waals surface area contributed by atoms with E-state index in [1.54, 1.807) is 0 Å². The fourth-order valence-corrected chi connectivity index (χ4v) is 1.96. The topological polar surface area (TPSA) is 56.2 Å². The molecule has 0 unspecified atom stereocenters. The fourth-order valence-electron chi connectivity index (χ4n) is 1.53. The van der Waals surface area contributed by atoms with Gasteiger partial charge in [-0.25, -0.2) is 0 Å². The van der Waals surface area contributed by atoms with Gasteiger partial charge in [0.2, 0.25) is 5.91 Å². The van der Waals surface area contributed by atoms with Gasteiger partial charge in [0.1, 0.15) is 0 Å². The maximum atomic E-state index is 11.6. The van der Waals surface area contributed by atoms with Gasteiger partial charge in [-0.3, -0.25) is 9.48 Å². The number of ether oxygens (including phenoxy) is 1. The van der Waals surface area contributed by atoms with Crippen LogP contribution in [0.2, 0.25) is 0 Å². The zero-order chi connectivity index (χ0) is 14.3. The number of aryl methyl sites for hydroxylation is 2. The van der Waals surface area contributed by atoms with Crippen LogP contribution in [0, 0.1) is 10.5 Å². The Morgan fingerprint density at radius 3 is 2.89 bits per heavy atom. The summed E-state index contributed by atoms with van der Waals surface area (Å²) in [5.74, 6) is 0.0627. The Balaban J connectivity index is 2.11. The van der Waals surface area contributed by atoms with Crippen molar-refractivity contribution in [2.75, 3.05) is 13.2 Å². The molecule has 0 aliphatic carbocycles. The van der Waals surface area contributed by atoms with Gasteiger partial charge in [-0.2, -0.15) is 5.10 Å². The van der Waals surface area contributed by atoms with Crippen molar-refractivity contribution >= 4 is 28.5 Å². The second kappa shape index (κ2) is 8.52. The lowest BCUT2D eigenvalue weighted by Crippen LogP contribution is -2.26. The first-order chi connectivity index (χ1) is 8.99. The van der Waals surface area contributed by atoms with E-state index in [1.165, 1.54) is 0 Å². The fraction of sp³-hybridized carbons (Fsp3) is 0.692. The molecule has 6 heteroatoms. The van der Waals surface area contributed by atoms with Crippen molar-refractivity contribution in [1.82, 2.24) is 15.1 Å². The number of nitrogens with zero attached hydrogens (tertiary/aromatic N) is 2. The lowest BCUT2D eigenvalue weighted by molar-refractivity contribution is -0.121. The molecule has 0 radical (unpaired) electrons. The van der Waals surface area contributed by atoms with Gasteiger partial charge in [0.15, 0.2) is 0 Å². The molecule has 1 amide bonds. The number of carbonyl (C=O) groups excluding carboxylic acids is 1. The molecular weight excluding hydrogens is 357 g/mol. The zero-order valence-electron chi connectivity index (χ0n) is 11.8. The Morgan fingerprint density at radius 1 is 1.58 bits per heavy atom. The van der Waals surface area contributed by atoms with E-state index >= 15 is 0 Å². The zero-order valence-corrected chi connectivity index (χ0v) is 13.9. The summed E-state index contributed by atoms with van der Waals surface area (Å²) in [7, 11) is 0. The highest BCUT2D eigenvalue weighted by Gasteiger charge is 2.04. The lowest BCUT2D eigenvalue weighted by atomic mass is 10.3. The van der Waals surface area contributed by atoms with Crippen LogP contribution >= 0.6 is 22.6 Å². The van der Waals surface area contributed by atoms with Crippen molar-refractivity contribution in [3.8, 4) is 0 Å². The predicted molar refractivity (Wildman–Crippen MR) is 83.0 cm³/mol. The molecule has 108 valence electrons. The van der Waals surface area contributed by atoms with E-state index in [-0.39, 0.29) is 12.0 Å². The molecule has 0 aliphatic heterocycles. The molecular formula is C13H22IN3O2. The van der Waals surface area contributed by atoms with Gasteiger partial charge >= 0.3 is 0 Å². The molecule has 1 aromatic heterocycles. The third kappa shape index (κ3) is 6.91. The van der Waals surface area contributed by atoms with Crippen LogP contribution in [0.15, 0.2) is 6.20 Å². The molecule has 0 saturated heterocycles. The number of rotatable bonds is 8. The summed E-state index contributed by atoms with van der Waals surface area (Å²) >= 11 is 2.24. The SMILES string of the molecule is Cc1nn(CCC(=O)NCCCOC(C)C)cc1I. The second-order valence-electron chi connectivity index (χ2n) is 4.70. The van der Waals surface area contributed by atoms with Crippen LogP contribution in [0.1, 0.15) is 32.4 Å². The highest BCUT2D eigenvalue weighted by molar-refractivity contribution is 14.1. The molecule has 0 bridgehead atoms. The molecule has 0 saturated carbocycles. The van der Waals surface area contributed by atoms with Crippen molar-refractivity contribution in [1.29, 1.82) is 0 Å². The average Bonchev–Trinajstić information content (AvgIpc) is 2.65. The van der Waals surface area contributed by atoms with Crippen LogP contribution in [-0.2, 0) is 16.1 Å². The van der Waals surface area contributed by atoms with Gasteiger partial charge in [-0.05, 0) is 49.8 Å². The Hall–Kier alpha value is -0.630. The summed E-state index contributed by atoms with van der Waals surface area (Å²) < 4.78 is 8.35. The van der Waals surface area contributed by atoms with Crippen molar-refractivity contribution in [3.05, 3.63) is 15.5 Å². The summed E-state index contributed by atoms with van der Waals surface area (Å²) in [4.78, 5) is 11.6. The molecule has 1 rings (SSSR count). The number of aromatic nitrogens is 2. The maximum absolute atomic E-state index is 11.6. The molecule has 19 heavy (non-hydrogen) atoms. The largest absolute Gasteiger partial charge is 0.379 e. The Labute approximate surface area is 128 Å². The summed E-state index contributed by atoms with van der Waals surface area (Å²) in [5.41, 5.74) is 1.01. The predicted octanol–water partition coefficient (Wildman–Crippen LogP) is 2.12. The smallest absolute Gasteiger partial charge is 0.221 e. The van der Waals surface area contributed by atoms with Crippen molar-refractivity contribution in [2.45, 2.75) is 46.3 Å². The summed E-state index contributed by atoms with van der Waals surface area (Å²) in [6.45, 7) is 7.96. The average molecular weight is 379 g/mol. The Kier molecular flexibility index (Phi) is 7.37. The number of halogens is 1. The molecule has 1 heterocycles. The first kappa shape index (κ1) is 16.4. The van der Waals surface area contributed by atoms with Crippen LogP contribution in [0.3, 0.4) is 0 Å². The van der Waals surface area contributed by atoms with E-state index in [4.69, 9.17) is 4.74 Å². The normalized spacial score (nSPS) is 11.0. The minimum absolute atomic E-state index is 0.0627. The second-order valence-corrected chi connectivity index (χ2v) is 5.86. The van der Waals surface area contributed by atoms with E-state index in [1.807, 2.05) is 31.6 Å². The minimum atomic E-state index is 0.0627. The standard InChI is InChI=1S/C13H22IN3O2/c1-10(2)19-8-4-6-15-13(18)5-7-17-9-12(14)11(3)16-17/h9-10H,4-8H2,1-3H3,(H,15,18). The molecule has 1 aromatic rings. The third-order valence-corrected chi connectivity index (χ3v) is 3.61. The van der Waals surface area contributed by atoms with Crippen molar-refractivity contribution in [3.63, 3.8) is 0 Å². The van der Waals surface area contributed by atoms with Crippen molar-refractivity contribution in [2.24, 2.45) is 0 Å². The van der Waals surface area contributed by atoms with E-state index in [0.717, 1.165) is 15.7 Å². The van der Waals surface area contributed by atoms with Gasteiger partial charge in [0, 0.05) is 32.3 Å².